The molecule has 1 aliphatic heterocycles. The Labute approximate surface area is 330 Å². The van der Waals surface area contributed by atoms with E-state index in [0.717, 1.165) is 50.6 Å². The third-order valence-corrected chi connectivity index (χ3v) is 11.1. The highest BCUT2D eigenvalue weighted by Gasteiger charge is 2.47. The summed E-state index contributed by atoms with van der Waals surface area (Å²) in [7, 11) is 0. The molecule has 0 saturated heterocycles. The van der Waals surface area contributed by atoms with E-state index in [1.807, 2.05) is 42.5 Å². The number of pyridine rings is 3. The second kappa shape index (κ2) is 13.3. The Bertz CT molecular complexity index is 2850. The van der Waals surface area contributed by atoms with Gasteiger partial charge in [0.15, 0.2) is 23.0 Å². The summed E-state index contributed by atoms with van der Waals surface area (Å²) in [6.45, 7) is 0. The molecule has 0 amide bonds. The zero-order valence-corrected chi connectivity index (χ0v) is 30.7. The van der Waals surface area contributed by atoms with Crippen molar-refractivity contribution in [3.8, 4) is 79.2 Å². The van der Waals surface area contributed by atoms with Crippen LogP contribution in [0.5, 0.6) is 23.0 Å². The van der Waals surface area contributed by atoms with Crippen molar-refractivity contribution in [2.75, 3.05) is 0 Å². The van der Waals surface area contributed by atoms with E-state index in [-0.39, 0.29) is 0 Å². The van der Waals surface area contributed by atoms with Gasteiger partial charge in [0.25, 0.3) is 0 Å². The second-order valence-electron chi connectivity index (χ2n) is 14.3. The van der Waals surface area contributed by atoms with Gasteiger partial charge in [-0.15, -0.1) is 0 Å². The summed E-state index contributed by atoms with van der Waals surface area (Å²) in [6, 6.07) is 65.2. The minimum absolute atomic E-state index is 0.527. The van der Waals surface area contributed by atoms with Gasteiger partial charge in [-0.05, 0) is 116 Å². The zero-order valence-electron chi connectivity index (χ0n) is 30.7. The van der Waals surface area contributed by atoms with E-state index in [1.54, 1.807) is 12.4 Å². The molecule has 0 unspecified atom stereocenters. The quantitative estimate of drug-likeness (QED) is 0.170. The summed E-state index contributed by atoms with van der Waals surface area (Å²) in [5.41, 5.74) is 13.9. The van der Waals surface area contributed by atoms with Crippen LogP contribution in [0.2, 0.25) is 0 Å². The second-order valence-corrected chi connectivity index (χ2v) is 14.3. The van der Waals surface area contributed by atoms with Crippen LogP contribution >= 0.6 is 0 Å². The van der Waals surface area contributed by atoms with Crippen molar-refractivity contribution in [2.24, 2.45) is 0 Å². The topological polar surface area (TPSA) is 57.1 Å². The highest BCUT2D eigenvalue weighted by atomic mass is 16.6. The van der Waals surface area contributed by atoms with E-state index in [0.29, 0.717) is 23.0 Å². The number of rotatable bonds is 6. The molecule has 0 N–H and O–H groups in total. The summed E-state index contributed by atoms with van der Waals surface area (Å²) < 4.78 is 13.6. The molecule has 1 aliphatic carbocycles. The average molecular weight is 732 g/mol. The molecule has 0 atom stereocenters. The third-order valence-electron chi connectivity index (χ3n) is 11.1. The van der Waals surface area contributed by atoms with Gasteiger partial charge < -0.3 is 9.47 Å². The number of hydrogen-bond donors (Lipinski definition) is 0. The summed E-state index contributed by atoms with van der Waals surface area (Å²) in [5.74, 6) is 2.71. The number of fused-ring (bicyclic) bond motifs is 5. The minimum atomic E-state index is -0.527. The van der Waals surface area contributed by atoms with E-state index in [4.69, 9.17) is 14.5 Å². The maximum Gasteiger partial charge on any atom is 0.170 e. The van der Waals surface area contributed by atoms with Crippen molar-refractivity contribution in [3.63, 3.8) is 0 Å². The number of nitrogens with zero attached hydrogens (tertiary/aromatic N) is 3. The monoisotopic (exact) mass is 731 g/mol. The Morgan fingerprint density at radius 1 is 0.333 bits per heavy atom. The molecule has 0 fully saturated rings. The lowest BCUT2D eigenvalue weighted by atomic mass is 9.67. The van der Waals surface area contributed by atoms with Crippen LogP contribution in [0.4, 0.5) is 0 Å². The molecule has 9 aromatic rings. The fourth-order valence-electron chi connectivity index (χ4n) is 8.65. The van der Waals surface area contributed by atoms with Crippen molar-refractivity contribution in [2.45, 2.75) is 5.41 Å². The van der Waals surface area contributed by atoms with Gasteiger partial charge in [-0.2, -0.15) is 0 Å². The number of hydrogen-bond acceptors (Lipinski definition) is 5. The molecule has 4 heterocycles. The predicted octanol–water partition coefficient (Wildman–Crippen LogP) is 12.8. The van der Waals surface area contributed by atoms with Crippen LogP contribution in [0.25, 0.3) is 56.2 Å². The van der Waals surface area contributed by atoms with Gasteiger partial charge in [0.05, 0.1) is 28.2 Å². The lowest BCUT2D eigenvalue weighted by molar-refractivity contribution is 0.359. The Kier molecular flexibility index (Phi) is 7.64. The van der Waals surface area contributed by atoms with Crippen molar-refractivity contribution in [3.05, 3.63) is 223 Å². The van der Waals surface area contributed by atoms with E-state index in [2.05, 4.69) is 156 Å². The van der Waals surface area contributed by atoms with Crippen LogP contribution in [-0.2, 0) is 5.41 Å². The summed E-state index contributed by atoms with van der Waals surface area (Å²) in [6.07, 6.45) is 3.59. The molecular formula is C52H33N3O2. The Morgan fingerprint density at radius 3 is 1.49 bits per heavy atom. The molecule has 57 heavy (non-hydrogen) atoms. The predicted molar refractivity (Wildman–Crippen MR) is 225 cm³/mol. The number of ether oxygens (including phenoxy) is 2. The highest BCUT2D eigenvalue weighted by Crippen LogP contribution is 2.60. The zero-order chi connectivity index (χ0) is 37.8. The van der Waals surface area contributed by atoms with E-state index < -0.39 is 5.41 Å². The van der Waals surface area contributed by atoms with Gasteiger partial charge >= 0.3 is 0 Å². The molecule has 5 heteroatoms. The molecule has 3 aromatic heterocycles. The van der Waals surface area contributed by atoms with Crippen LogP contribution in [0.3, 0.4) is 0 Å². The van der Waals surface area contributed by atoms with Gasteiger partial charge in [-0.1, -0.05) is 127 Å². The normalized spacial score (nSPS) is 13.0. The molecule has 5 nitrogen and oxygen atoms in total. The van der Waals surface area contributed by atoms with E-state index in [9.17, 15) is 0 Å². The summed E-state index contributed by atoms with van der Waals surface area (Å²) >= 11 is 0. The fraction of sp³-hybridized carbons (Fsp3) is 0.0192. The first-order valence-electron chi connectivity index (χ1n) is 19.1. The SMILES string of the molecule is c1ccc(C2(c3ccccc3)c3ccccc3-c3cc4c(cc32)Oc2ccc(-c3ccccc3-c3cc(-c5ccccn5)nc(-c5ccccn5)c3)cc2O4)cc1. The molecule has 268 valence electrons. The van der Waals surface area contributed by atoms with Crippen molar-refractivity contribution >= 4 is 0 Å². The van der Waals surface area contributed by atoms with Crippen LogP contribution < -0.4 is 9.47 Å². The smallest absolute Gasteiger partial charge is 0.170 e. The van der Waals surface area contributed by atoms with Crippen molar-refractivity contribution in [1.29, 1.82) is 0 Å². The standard InChI is InChI=1S/C52H33N3O2/c1-3-15-36(16-4-1)52(37-17-5-2-6-18-37)42-22-10-9-21-40(42)41-32-50-51(33-43(41)52)56-48-26-25-34(31-49(48)57-50)38-19-7-8-20-39(38)35-29-46(44-23-11-13-27-53-44)55-47(30-35)45-24-12-14-28-54-45/h1-33H. The first-order chi connectivity index (χ1) is 28.2. The fourth-order valence-corrected chi connectivity index (χ4v) is 8.65. The molecule has 0 bridgehead atoms. The molecular weight excluding hydrogens is 699 g/mol. The molecule has 0 saturated carbocycles. The largest absolute Gasteiger partial charge is 0.450 e. The third kappa shape index (κ3) is 5.35. The number of aromatic nitrogens is 3. The highest BCUT2D eigenvalue weighted by molar-refractivity contribution is 5.90. The minimum Gasteiger partial charge on any atom is -0.450 e. The Balaban J connectivity index is 1.02. The molecule has 0 radical (unpaired) electrons. The van der Waals surface area contributed by atoms with Crippen LogP contribution in [0.1, 0.15) is 22.3 Å². The van der Waals surface area contributed by atoms with Crippen LogP contribution in [0.15, 0.2) is 200 Å². The van der Waals surface area contributed by atoms with Gasteiger partial charge in [-0.25, -0.2) is 4.98 Å². The molecule has 6 aromatic carbocycles. The maximum absolute atomic E-state index is 6.81. The Morgan fingerprint density at radius 2 is 0.860 bits per heavy atom. The summed E-state index contributed by atoms with van der Waals surface area (Å²) in [5, 5.41) is 0. The van der Waals surface area contributed by atoms with Crippen LogP contribution in [0, 0.1) is 0 Å². The lowest BCUT2D eigenvalue weighted by Gasteiger charge is -2.34. The molecule has 0 spiro atoms. The van der Waals surface area contributed by atoms with Crippen LogP contribution in [-0.4, -0.2) is 15.0 Å². The average Bonchev–Trinajstić information content (AvgIpc) is 3.58. The van der Waals surface area contributed by atoms with Gasteiger partial charge in [0.1, 0.15) is 0 Å². The maximum atomic E-state index is 6.81. The first kappa shape index (κ1) is 32.8. The lowest BCUT2D eigenvalue weighted by Crippen LogP contribution is -2.28. The van der Waals surface area contributed by atoms with Crippen molar-refractivity contribution in [1.82, 2.24) is 15.0 Å². The molecule has 11 rings (SSSR count). The molecule has 2 aliphatic rings. The van der Waals surface area contributed by atoms with E-state index in [1.165, 1.54) is 27.8 Å². The van der Waals surface area contributed by atoms with Gasteiger partial charge in [0.2, 0.25) is 0 Å². The van der Waals surface area contributed by atoms with Crippen molar-refractivity contribution < 1.29 is 9.47 Å². The first-order valence-corrected chi connectivity index (χ1v) is 19.1. The van der Waals surface area contributed by atoms with Gasteiger partial charge in [-0.3, -0.25) is 9.97 Å². The Hall–Kier alpha value is -7.63. The van der Waals surface area contributed by atoms with E-state index >= 15 is 0 Å². The summed E-state index contributed by atoms with van der Waals surface area (Å²) in [4.78, 5) is 14.3. The van der Waals surface area contributed by atoms with Gasteiger partial charge in [0, 0.05) is 12.4 Å². The number of benzene rings is 6.